The first-order valence-corrected chi connectivity index (χ1v) is 8.08. The zero-order valence-corrected chi connectivity index (χ0v) is 14.7. The second kappa shape index (κ2) is 6.84. The molecule has 1 aromatic carbocycles. The molecule has 6 heteroatoms. The van der Waals surface area contributed by atoms with Gasteiger partial charge in [-0.2, -0.15) is 0 Å². The fourth-order valence-electron chi connectivity index (χ4n) is 2.53. The van der Waals surface area contributed by atoms with E-state index in [-0.39, 0.29) is 11.9 Å². The van der Waals surface area contributed by atoms with E-state index in [2.05, 4.69) is 29.1 Å². The molecule has 0 aliphatic heterocycles. The molecule has 0 spiro atoms. The van der Waals surface area contributed by atoms with Gasteiger partial charge in [-0.25, -0.2) is 9.78 Å². The highest BCUT2D eigenvalue weighted by Gasteiger charge is 2.15. The summed E-state index contributed by atoms with van der Waals surface area (Å²) in [4.78, 5) is 16.2. The van der Waals surface area contributed by atoms with Crippen LogP contribution in [0.1, 0.15) is 41.4 Å². The van der Waals surface area contributed by atoms with Crippen molar-refractivity contribution in [2.75, 3.05) is 7.11 Å². The van der Waals surface area contributed by atoms with E-state index in [1.165, 1.54) is 7.11 Å². The summed E-state index contributed by atoms with van der Waals surface area (Å²) in [7, 11) is 1.36. The van der Waals surface area contributed by atoms with E-state index < -0.39 is 0 Å². The number of pyridine rings is 1. The number of rotatable bonds is 4. The Bertz CT molecular complexity index is 940. The first-order chi connectivity index (χ1) is 12.0. The number of carbonyl (C=O) groups excluding carboxylic acids is 1. The molecule has 0 N–H and O–H groups in total. The van der Waals surface area contributed by atoms with Crippen molar-refractivity contribution < 1.29 is 9.53 Å². The maximum Gasteiger partial charge on any atom is 0.337 e. The molecule has 25 heavy (non-hydrogen) atoms. The van der Waals surface area contributed by atoms with E-state index in [1.54, 1.807) is 24.3 Å². The minimum atomic E-state index is -0.372. The van der Waals surface area contributed by atoms with Crippen molar-refractivity contribution in [2.24, 2.45) is 10.2 Å². The van der Waals surface area contributed by atoms with Gasteiger partial charge in [0.2, 0.25) is 0 Å². The Morgan fingerprint density at radius 3 is 2.52 bits per heavy atom. The van der Waals surface area contributed by atoms with Crippen molar-refractivity contribution in [1.82, 2.24) is 9.38 Å². The normalized spacial score (nSPS) is 11.6. The lowest BCUT2D eigenvalue weighted by atomic mass is 10.1. The van der Waals surface area contributed by atoms with Crippen molar-refractivity contribution in [3.63, 3.8) is 0 Å². The van der Waals surface area contributed by atoms with Crippen molar-refractivity contribution >= 4 is 23.1 Å². The highest BCUT2D eigenvalue weighted by Crippen LogP contribution is 2.29. The SMILES string of the molecule is COC(=O)c1ccc(N=Nc2c(C(C)C)nc3cc(C)ccn23)cc1. The van der Waals surface area contributed by atoms with Gasteiger partial charge < -0.3 is 4.74 Å². The molecule has 0 amide bonds. The van der Waals surface area contributed by atoms with Gasteiger partial charge in [0.1, 0.15) is 5.65 Å². The third-order valence-electron chi connectivity index (χ3n) is 3.88. The molecular weight excluding hydrogens is 316 g/mol. The minimum Gasteiger partial charge on any atom is -0.465 e. The molecule has 2 heterocycles. The summed E-state index contributed by atoms with van der Waals surface area (Å²) < 4.78 is 6.63. The Hall–Kier alpha value is -3.02. The molecule has 0 aliphatic carbocycles. The van der Waals surface area contributed by atoms with Crippen LogP contribution < -0.4 is 0 Å². The number of imidazole rings is 1. The van der Waals surface area contributed by atoms with E-state index >= 15 is 0 Å². The van der Waals surface area contributed by atoms with Crippen LogP contribution >= 0.6 is 0 Å². The Balaban J connectivity index is 1.97. The predicted molar refractivity (Wildman–Crippen MR) is 96.0 cm³/mol. The lowest BCUT2D eigenvalue weighted by Gasteiger charge is -2.02. The smallest absolute Gasteiger partial charge is 0.337 e. The number of nitrogens with zero attached hydrogens (tertiary/aromatic N) is 4. The molecule has 6 nitrogen and oxygen atoms in total. The highest BCUT2D eigenvalue weighted by molar-refractivity contribution is 5.89. The third kappa shape index (κ3) is 3.42. The van der Waals surface area contributed by atoms with Crippen LogP contribution in [-0.2, 0) is 4.74 Å². The van der Waals surface area contributed by atoms with Crippen LogP contribution in [-0.4, -0.2) is 22.5 Å². The zero-order chi connectivity index (χ0) is 18.0. The molecule has 3 aromatic rings. The summed E-state index contributed by atoms with van der Waals surface area (Å²) in [5, 5.41) is 8.72. The maximum absolute atomic E-state index is 11.5. The highest BCUT2D eigenvalue weighted by atomic mass is 16.5. The Kier molecular flexibility index (Phi) is 4.61. The lowest BCUT2D eigenvalue weighted by molar-refractivity contribution is 0.0601. The van der Waals surface area contributed by atoms with Gasteiger partial charge >= 0.3 is 5.97 Å². The van der Waals surface area contributed by atoms with Crippen LogP contribution in [0.4, 0.5) is 11.5 Å². The monoisotopic (exact) mass is 336 g/mol. The number of azo groups is 1. The van der Waals surface area contributed by atoms with Crippen molar-refractivity contribution in [2.45, 2.75) is 26.7 Å². The largest absolute Gasteiger partial charge is 0.465 e. The van der Waals surface area contributed by atoms with Gasteiger partial charge in [0.15, 0.2) is 5.82 Å². The molecule has 0 unspecified atom stereocenters. The molecule has 0 atom stereocenters. The van der Waals surface area contributed by atoms with Crippen LogP contribution in [0, 0.1) is 6.92 Å². The number of aromatic nitrogens is 2. The molecule has 0 radical (unpaired) electrons. The van der Waals surface area contributed by atoms with Crippen molar-refractivity contribution in [3.05, 3.63) is 59.4 Å². The number of benzene rings is 1. The number of ether oxygens (including phenoxy) is 1. The maximum atomic E-state index is 11.5. The van der Waals surface area contributed by atoms with E-state index in [0.717, 1.165) is 22.7 Å². The molecule has 0 saturated carbocycles. The van der Waals surface area contributed by atoms with Crippen LogP contribution in [0.5, 0.6) is 0 Å². The van der Waals surface area contributed by atoms with Crippen molar-refractivity contribution in [3.8, 4) is 0 Å². The second-order valence-electron chi connectivity index (χ2n) is 6.15. The Labute approximate surface area is 146 Å². The number of hydrogen-bond acceptors (Lipinski definition) is 5. The summed E-state index contributed by atoms with van der Waals surface area (Å²) in [6, 6.07) is 10.8. The third-order valence-corrected chi connectivity index (χ3v) is 3.88. The van der Waals surface area contributed by atoms with Gasteiger partial charge in [0, 0.05) is 6.20 Å². The van der Waals surface area contributed by atoms with Gasteiger partial charge in [-0.3, -0.25) is 4.40 Å². The number of esters is 1. The summed E-state index contributed by atoms with van der Waals surface area (Å²) >= 11 is 0. The average Bonchev–Trinajstić information content (AvgIpc) is 2.97. The summed E-state index contributed by atoms with van der Waals surface area (Å²) in [6.45, 7) is 6.20. The van der Waals surface area contributed by atoms with E-state index in [4.69, 9.17) is 4.74 Å². The number of carbonyl (C=O) groups is 1. The predicted octanol–water partition coefficient (Wildman–Crippen LogP) is 4.97. The van der Waals surface area contributed by atoms with Crippen molar-refractivity contribution in [1.29, 1.82) is 0 Å². The van der Waals surface area contributed by atoms with Crippen LogP contribution in [0.2, 0.25) is 0 Å². The van der Waals surface area contributed by atoms with Gasteiger partial charge in [-0.15, -0.1) is 10.2 Å². The van der Waals surface area contributed by atoms with Gasteiger partial charge in [-0.05, 0) is 54.8 Å². The Morgan fingerprint density at radius 2 is 1.88 bits per heavy atom. The van der Waals surface area contributed by atoms with Crippen LogP contribution in [0.3, 0.4) is 0 Å². The van der Waals surface area contributed by atoms with E-state index in [1.807, 2.05) is 29.7 Å². The Morgan fingerprint density at radius 1 is 1.16 bits per heavy atom. The molecular formula is C19H20N4O2. The second-order valence-corrected chi connectivity index (χ2v) is 6.15. The summed E-state index contributed by atoms with van der Waals surface area (Å²) in [5.41, 5.74) is 4.05. The van der Waals surface area contributed by atoms with Gasteiger partial charge in [0.05, 0.1) is 24.1 Å². The van der Waals surface area contributed by atoms with Gasteiger partial charge in [-0.1, -0.05) is 13.8 Å². The molecule has 0 bridgehead atoms. The zero-order valence-electron chi connectivity index (χ0n) is 14.7. The van der Waals surface area contributed by atoms with E-state index in [9.17, 15) is 4.79 Å². The van der Waals surface area contributed by atoms with Crippen LogP contribution in [0.15, 0.2) is 52.8 Å². The number of hydrogen-bond donors (Lipinski definition) is 0. The number of aryl methyl sites for hydroxylation is 1. The lowest BCUT2D eigenvalue weighted by Crippen LogP contribution is -1.99. The standard InChI is InChI=1S/C19H20N4O2/c1-12(2)17-18(23-10-9-13(3)11-16(23)20-17)22-21-15-7-5-14(6-8-15)19(24)25-4/h5-12H,1-4H3. The topological polar surface area (TPSA) is 68.3 Å². The molecule has 0 aliphatic rings. The molecule has 3 rings (SSSR count). The molecule has 0 fully saturated rings. The number of methoxy groups -OCH3 is 1. The average molecular weight is 336 g/mol. The molecule has 128 valence electrons. The minimum absolute atomic E-state index is 0.232. The number of fused-ring (bicyclic) bond motifs is 1. The first kappa shape index (κ1) is 16.8. The fourth-order valence-corrected chi connectivity index (χ4v) is 2.53. The molecule has 2 aromatic heterocycles. The van der Waals surface area contributed by atoms with E-state index in [0.29, 0.717) is 11.3 Å². The summed E-state index contributed by atoms with van der Waals surface area (Å²) in [6.07, 6.45) is 1.96. The molecule has 0 saturated heterocycles. The fraction of sp³-hybridized carbons (Fsp3) is 0.263. The first-order valence-electron chi connectivity index (χ1n) is 8.08. The summed E-state index contributed by atoms with van der Waals surface area (Å²) in [5.74, 6) is 0.584. The van der Waals surface area contributed by atoms with Crippen LogP contribution in [0.25, 0.3) is 5.65 Å². The quantitative estimate of drug-likeness (QED) is 0.499. The van der Waals surface area contributed by atoms with Gasteiger partial charge in [0.25, 0.3) is 0 Å².